The van der Waals surface area contributed by atoms with Gasteiger partial charge >= 0.3 is 0 Å². The molecule has 3 amide bonds. The van der Waals surface area contributed by atoms with Gasteiger partial charge in [-0.1, -0.05) is 62.7 Å². The first kappa shape index (κ1) is 29.0. The van der Waals surface area contributed by atoms with Crippen LogP contribution in [0, 0.1) is 11.8 Å². The maximum Gasteiger partial charge on any atom is 0.243 e. The minimum absolute atomic E-state index is 0.0814. The van der Waals surface area contributed by atoms with Crippen molar-refractivity contribution in [2.75, 3.05) is 0 Å². The summed E-state index contributed by atoms with van der Waals surface area (Å²) in [5.74, 6) is -1.32. The van der Waals surface area contributed by atoms with E-state index in [2.05, 4.69) is 16.0 Å². The minimum atomic E-state index is -0.893. The third-order valence-electron chi connectivity index (χ3n) is 7.05. The van der Waals surface area contributed by atoms with E-state index in [4.69, 9.17) is 0 Å². The van der Waals surface area contributed by atoms with Crippen molar-refractivity contribution in [2.45, 2.75) is 83.8 Å². The molecule has 4 atom stereocenters. The van der Waals surface area contributed by atoms with Crippen molar-refractivity contribution in [3.63, 3.8) is 0 Å². The van der Waals surface area contributed by atoms with Gasteiger partial charge in [0.05, 0.1) is 6.04 Å². The Labute approximate surface area is 224 Å². The van der Waals surface area contributed by atoms with E-state index in [1.807, 2.05) is 56.3 Å². The molecule has 1 aliphatic rings. The Morgan fingerprint density at radius 2 is 1.66 bits per heavy atom. The van der Waals surface area contributed by atoms with Crippen molar-refractivity contribution < 1.29 is 24.0 Å². The average Bonchev–Trinajstić information content (AvgIpc) is 2.88. The number of Topliss-reactive ketones (excluding diaryl/α,β-unsaturated/α-hetero) is 1. The van der Waals surface area contributed by atoms with Crippen molar-refractivity contribution in [1.82, 2.24) is 16.0 Å². The lowest BCUT2D eigenvalue weighted by atomic mass is 9.84. The number of ketones is 1. The van der Waals surface area contributed by atoms with Crippen molar-refractivity contribution in [2.24, 2.45) is 11.8 Å². The number of hydrogen-bond acceptors (Lipinski definition) is 5. The van der Waals surface area contributed by atoms with Crippen molar-refractivity contribution in [3.8, 4) is 0 Å². The third-order valence-corrected chi connectivity index (χ3v) is 7.05. The molecule has 8 heteroatoms. The molecule has 2 aromatic rings. The highest BCUT2D eigenvalue weighted by molar-refractivity contribution is 5.93. The van der Waals surface area contributed by atoms with Gasteiger partial charge in [0.1, 0.15) is 24.2 Å². The molecular formula is C30H39N3O5. The largest absolute Gasteiger partial charge is 0.345 e. The maximum absolute atomic E-state index is 13.4. The Hall–Kier alpha value is -3.55. The van der Waals surface area contributed by atoms with Gasteiger partial charge in [0.2, 0.25) is 17.7 Å². The molecule has 0 saturated heterocycles. The number of nitrogens with one attached hydrogen (secondary N) is 3. The van der Waals surface area contributed by atoms with Crippen LogP contribution in [-0.2, 0) is 30.4 Å². The summed E-state index contributed by atoms with van der Waals surface area (Å²) in [5.41, 5.74) is 0.903. The molecule has 0 radical (unpaired) electrons. The quantitative estimate of drug-likeness (QED) is 0.370. The zero-order valence-electron chi connectivity index (χ0n) is 22.5. The maximum atomic E-state index is 13.4. The smallest absolute Gasteiger partial charge is 0.243 e. The first-order chi connectivity index (χ1) is 18.2. The summed E-state index contributed by atoms with van der Waals surface area (Å²) in [7, 11) is 0. The number of benzene rings is 2. The highest BCUT2D eigenvalue weighted by Crippen LogP contribution is 2.24. The Bertz CT molecular complexity index is 1160. The van der Waals surface area contributed by atoms with Crippen LogP contribution in [0.5, 0.6) is 0 Å². The van der Waals surface area contributed by atoms with E-state index >= 15 is 0 Å². The van der Waals surface area contributed by atoms with Gasteiger partial charge < -0.3 is 20.7 Å². The molecule has 0 heterocycles. The van der Waals surface area contributed by atoms with Gasteiger partial charge in [-0.25, -0.2) is 0 Å². The second-order valence-corrected chi connectivity index (χ2v) is 10.7. The number of rotatable bonds is 12. The third kappa shape index (κ3) is 8.23. The van der Waals surface area contributed by atoms with Crippen LogP contribution < -0.4 is 16.0 Å². The molecule has 2 aromatic carbocycles. The van der Waals surface area contributed by atoms with Crippen LogP contribution in [0.2, 0.25) is 0 Å². The summed E-state index contributed by atoms with van der Waals surface area (Å²) >= 11 is 0. The molecule has 1 saturated carbocycles. The zero-order chi connectivity index (χ0) is 27.7. The molecule has 0 spiro atoms. The van der Waals surface area contributed by atoms with Crippen LogP contribution in [-0.4, -0.2) is 47.9 Å². The predicted molar refractivity (Wildman–Crippen MR) is 146 cm³/mol. The van der Waals surface area contributed by atoms with Crippen LogP contribution >= 0.6 is 0 Å². The summed E-state index contributed by atoms with van der Waals surface area (Å²) in [6, 6.07) is 11.1. The van der Waals surface area contributed by atoms with Gasteiger partial charge in [0, 0.05) is 25.7 Å². The van der Waals surface area contributed by atoms with E-state index in [9.17, 15) is 24.0 Å². The van der Waals surface area contributed by atoms with Gasteiger partial charge in [0.15, 0.2) is 0 Å². The zero-order valence-corrected chi connectivity index (χ0v) is 22.5. The molecular weight excluding hydrogens is 482 g/mol. The molecule has 8 nitrogen and oxygen atoms in total. The monoisotopic (exact) mass is 521 g/mol. The van der Waals surface area contributed by atoms with Crippen molar-refractivity contribution in [3.05, 3.63) is 48.0 Å². The number of carbonyl (C=O) groups excluding carboxylic acids is 5. The van der Waals surface area contributed by atoms with Crippen LogP contribution in [0.25, 0.3) is 10.8 Å². The highest BCUT2D eigenvalue weighted by Gasteiger charge is 2.30. The number of aldehydes is 1. The van der Waals surface area contributed by atoms with E-state index < -0.39 is 29.9 Å². The summed E-state index contributed by atoms with van der Waals surface area (Å²) in [6.07, 6.45) is 4.57. The Kier molecular flexibility index (Phi) is 10.6. The average molecular weight is 522 g/mol. The van der Waals surface area contributed by atoms with Gasteiger partial charge in [0.25, 0.3) is 0 Å². The second-order valence-electron chi connectivity index (χ2n) is 10.7. The Balaban J connectivity index is 1.74. The van der Waals surface area contributed by atoms with E-state index in [-0.39, 0.29) is 36.4 Å². The van der Waals surface area contributed by atoms with Crippen LogP contribution in [0.4, 0.5) is 0 Å². The van der Waals surface area contributed by atoms with Crippen LogP contribution in [0.1, 0.15) is 64.9 Å². The SMILES string of the molecule is CC(=O)N[C@@H](Cc1cccc2ccccc12)C(=O)N[C@@H](CC(C)C)C(=O)N[C@H](C=O)C[C@@H]1CCCCC1=O. The first-order valence-corrected chi connectivity index (χ1v) is 13.5. The number of carbonyl (C=O) groups is 5. The van der Waals surface area contributed by atoms with Gasteiger partial charge in [-0.2, -0.15) is 0 Å². The topological polar surface area (TPSA) is 121 Å². The van der Waals surface area contributed by atoms with E-state index in [1.165, 1.54) is 6.92 Å². The normalized spacial score (nSPS) is 17.9. The molecule has 0 aliphatic heterocycles. The lowest BCUT2D eigenvalue weighted by Gasteiger charge is -2.27. The molecule has 0 unspecified atom stereocenters. The molecule has 3 N–H and O–H groups in total. The number of amides is 3. The predicted octanol–water partition coefficient (Wildman–Crippen LogP) is 3.25. The lowest BCUT2D eigenvalue weighted by Crippen LogP contribution is -2.56. The molecule has 1 aliphatic carbocycles. The number of fused-ring (bicyclic) bond motifs is 1. The fourth-order valence-corrected chi connectivity index (χ4v) is 5.16. The van der Waals surface area contributed by atoms with E-state index in [0.717, 1.165) is 35.6 Å². The van der Waals surface area contributed by atoms with Gasteiger partial charge in [-0.3, -0.25) is 19.2 Å². The van der Waals surface area contributed by atoms with Crippen molar-refractivity contribution in [1.29, 1.82) is 0 Å². The van der Waals surface area contributed by atoms with Gasteiger partial charge in [-0.05, 0) is 47.9 Å². The second kappa shape index (κ2) is 13.8. The summed E-state index contributed by atoms with van der Waals surface area (Å²) in [4.78, 5) is 62.6. The Morgan fingerprint density at radius 1 is 0.947 bits per heavy atom. The molecule has 0 bridgehead atoms. The fraction of sp³-hybridized carbons (Fsp3) is 0.500. The lowest BCUT2D eigenvalue weighted by molar-refractivity contribution is -0.133. The van der Waals surface area contributed by atoms with Crippen LogP contribution in [0.15, 0.2) is 42.5 Å². The minimum Gasteiger partial charge on any atom is -0.345 e. The van der Waals surface area contributed by atoms with E-state index in [1.54, 1.807) is 0 Å². The molecule has 1 fully saturated rings. The summed E-state index contributed by atoms with van der Waals surface area (Å²) in [5, 5.41) is 10.3. The Morgan fingerprint density at radius 3 is 2.34 bits per heavy atom. The number of hydrogen-bond donors (Lipinski definition) is 3. The van der Waals surface area contributed by atoms with Crippen molar-refractivity contribution >= 4 is 40.6 Å². The first-order valence-electron chi connectivity index (χ1n) is 13.5. The molecule has 0 aromatic heterocycles. The molecule has 204 valence electrons. The van der Waals surface area contributed by atoms with Gasteiger partial charge in [-0.15, -0.1) is 0 Å². The molecule has 38 heavy (non-hydrogen) atoms. The van der Waals surface area contributed by atoms with E-state index in [0.29, 0.717) is 19.1 Å². The van der Waals surface area contributed by atoms with Crippen LogP contribution in [0.3, 0.4) is 0 Å². The molecule has 3 rings (SSSR count). The summed E-state index contributed by atoms with van der Waals surface area (Å²) < 4.78 is 0. The summed E-state index contributed by atoms with van der Waals surface area (Å²) in [6.45, 7) is 5.22. The highest BCUT2D eigenvalue weighted by atomic mass is 16.2. The fourth-order valence-electron chi connectivity index (χ4n) is 5.16. The standard InChI is InChI=1S/C30H39N3O5/c1-19(2)15-26(29(37)32-24(18-34)16-23-10-5-7-14-28(23)36)33-30(38)27(31-20(3)35)17-22-12-8-11-21-9-4-6-13-25(21)22/h4,6,8-9,11-13,18-19,23-24,26-27H,5,7,10,14-17H2,1-3H3,(H,31,35)(H,32,37)(H,33,38)/t23-,24-,26-,27-/m0/s1.